The van der Waals surface area contributed by atoms with Gasteiger partial charge in [-0.15, -0.1) is 0 Å². The molecular weight excluding hydrogens is 231 g/mol. The van der Waals surface area contributed by atoms with Gasteiger partial charge in [0, 0.05) is 7.11 Å². The second kappa shape index (κ2) is 6.92. The molecule has 0 heterocycles. The molecular formula is C14H23FOSi. The van der Waals surface area contributed by atoms with Gasteiger partial charge < -0.3 is 4.43 Å². The van der Waals surface area contributed by atoms with Crippen molar-refractivity contribution in [2.45, 2.75) is 44.8 Å². The maximum atomic E-state index is 12.7. The molecule has 3 heteroatoms. The van der Waals surface area contributed by atoms with E-state index in [1.165, 1.54) is 35.8 Å². The number of benzene rings is 1. The number of rotatable bonds is 7. The van der Waals surface area contributed by atoms with Crippen molar-refractivity contribution < 1.29 is 8.82 Å². The van der Waals surface area contributed by atoms with Gasteiger partial charge in [0.2, 0.25) is 0 Å². The number of halogens is 1. The van der Waals surface area contributed by atoms with Crippen molar-refractivity contribution in [3.8, 4) is 0 Å². The smallest absolute Gasteiger partial charge is 0.191 e. The van der Waals surface area contributed by atoms with E-state index in [1.807, 2.05) is 19.2 Å². The Balaban J connectivity index is 2.43. The topological polar surface area (TPSA) is 9.23 Å². The van der Waals surface area contributed by atoms with E-state index in [-0.39, 0.29) is 5.82 Å². The summed E-state index contributed by atoms with van der Waals surface area (Å²) in [5.74, 6) is -0.156. The number of hydrogen-bond acceptors (Lipinski definition) is 1. The van der Waals surface area contributed by atoms with E-state index in [1.54, 1.807) is 0 Å². The summed E-state index contributed by atoms with van der Waals surface area (Å²) in [5.41, 5.74) is 1.22. The van der Waals surface area contributed by atoms with Crippen LogP contribution in [0, 0.1) is 5.82 Å². The minimum Gasteiger partial charge on any atom is -0.420 e. The Morgan fingerprint density at radius 2 is 1.71 bits per heavy atom. The van der Waals surface area contributed by atoms with Gasteiger partial charge in [0.05, 0.1) is 0 Å². The summed E-state index contributed by atoms with van der Waals surface area (Å²) in [6.45, 7) is 4.47. The molecule has 0 aliphatic carbocycles. The fourth-order valence-electron chi connectivity index (χ4n) is 2.26. The maximum Gasteiger partial charge on any atom is 0.191 e. The van der Waals surface area contributed by atoms with Crippen LogP contribution < -0.4 is 0 Å². The summed E-state index contributed by atoms with van der Waals surface area (Å²) >= 11 is 0. The Labute approximate surface area is 105 Å². The Morgan fingerprint density at radius 1 is 1.12 bits per heavy atom. The molecule has 0 unspecified atom stereocenters. The highest BCUT2D eigenvalue weighted by molar-refractivity contribution is 6.73. The van der Waals surface area contributed by atoms with Crippen molar-refractivity contribution in [2.75, 3.05) is 7.11 Å². The quantitative estimate of drug-likeness (QED) is 0.656. The van der Waals surface area contributed by atoms with Crippen LogP contribution in [0.5, 0.6) is 0 Å². The third-order valence-electron chi connectivity index (χ3n) is 3.73. The van der Waals surface area contributed by atoms with Crippen LogP contribution in [0.2, 0.25) is 18.1 Å². The molecule has 0 bridgehead atoms. The van der Waals surface area contributed by atoms with Crippen LogP contribution in [0.1, 0.15) is 25.8 Å². The van der Waals surface area contributed by atoms with Crippen molar-refractivity contribution in [2.24, 2.45) is 0 Å². The molecule has 0 saturated carbocycles. The van der Waals surface area contributed by atoms with E-state index in [0.29, 0.717) is 0 Å². The molecule has 0 aliphatic heterocycles. The van der Waals surface area contributed by atoms with E-state index in [4.69, 9.17) is 4.43 Å². The Bertz CT molecular complexity index is 311. The fraction of sp³-hybridized carbons (Fsp3) is 0.571. The summed E-state index contributed by atoms with van der Waals surface area (Å²) in [6, 6.07) is 10.4. The van der Waals surface area contributed by atoms with Crippen LogP contribution in [0.25, 0.3) is 0 Å². The van der Waals surface area contributed by atoms with E-state index < -0.39 is 8.32 Å². The highest BCUT2D eigenvalue weighted by Gasteiger charge is 2.28. The molecule has 0 atom stereocenters. The Morgan fingerprint density at radius 3 is 2.18 bits per heavy atom. The zero-order valence-corrected chi connectivity index (χ0v) is 12.1. The van der Waals surface area contributed by atoms with Gasteiger partial charge in [-0.1, -0.05) is 26.0 Å². The van der Waals surface area contributed by atoms with Crippen molar-refractivity contribution in [3.05, 3.63) is 35.6 Å². The zero-order valence-electron chi connectivity index (χ0n) is 11.1. The van der Waals surface area contributed by atoms with Crippen LogP contribution in [0.15, 0.2) is 24.3 Å². The first kappa shape index (κ1) is 14.4. The van der Waals surface area contributed by atoms with Crippen molar-refractivity contribution >= 4 is 8.32 Å². The highest BCUT2D eigenvalue weighted by atomic mass is 28.4. The first-order valence-electron chi connectivity index (χ1n) is 6.45. The Hall–Kier alpha value is -0.673. The first-order chi connectivity index (χ1) is 8.15. The van der Waals surface area contributed by atoms with Crippen LogP contribution >= 0.6 is 0 Å². The molecule has 0 amide bonds. The van der Waals surface area contributed by atoms with Crippen LogP contribution in [0.3, 0.4) is 0 Å². The molecule has 0 aliphatic rings. The summed E-state index contributed by atoms with van der Waals surface area (Å²) < 4.78 is 18.5. The summed E-state index contributed by atoms with van der Waals surface area (Å²) in [7, 11) is 0.402. The molecule has 1 nitrogen and oxygen atoms in total. The molecule has 1 aromatic carbocycles. The first-order valence-corrected chi connectivity index (χ1v) is 8.98. The van der Waals surface area contributed by atoms with Crippen LogP contribution in [-0.4, -0.2) is 15.4 Å². The molecule has 96 valence electrons. The van der Waals surface area contributed by atoms with Gasteiger partial charge >= 0.3 is 0 Å². The number of hydrogen-bond donors (Lipinski definition) is 0. The molecule has 0 N–H and O–H groups in total. The lowest BCUT2D eigenvalue weighted by atomic mass is 10.1. The van der Waals surface area contributed by atoms with E-state index in [9.17, 15) is 4.39 Å². The maximum absolute atomic E-state index is 12.7. The second-order valence-corrected chi connectivity index (χ2v) is 9.26. The summed E-state index contributed by atoms with van der Waals surface area (Å²) in [4.78, 5) is 0. The highest BCUT2D eigenvalue weighted by Crippen LogP contribution is 2.23. The van der Waals surface area contributed by atoms with Gasteiger partial charge in [-0.05, 0) is 48.7 Å². The largest absolute Gasteiger partial charge is 0.420 e. The molecule has 0 aromatic heterocycles. The monoisotopic (exact) mass is 254 g/mol. The number of aryl methyl sites for hydroxylation is 1. The predicted octanol–water partition coefficient (Wildman–Crippen LogP) is 4.39. The van der Waals surface area contributed by atoms with Gasteiger partial charge in [0.25, 0.3) is 0 Å². The normalized spacial score (nSPS) is 11.8. The molecule has 0 radical (unpaired) electrons. The molecule has 17 heavy (non-hydrogen) atoms. The van der Waals surface area contributed by atoms with E-state index in [0.717, 1.165) is 12.8 Å². The standard InChI is InChI=1S/C14H23FOSi/c1-4-17(5-2,16-3)12-6-7-13-8-10-14(15)11-9-13/h8-11H,4-7,12H2,1-3H3. The van der Waals surface area contributed by atoms with Gasteiger partial charge in [0.1, 0.15) is 5.82 Å². The van der Waals surface area contributed by atoms with Crippen LogP contribution in [-0.2, 0) is 10.8 Å². The van der Waals surface area contributed by atoms with E-state index >= 15 is 0 Å². The van der Waals surface area contributed by atoms with Crippen molar-refractivity contribution in [3.63, 3.8) is 0 Å². The lowest BCUT2D eigenvalue weighted by Gasteiger charge is -2.27. The third-order valence-corrected chi connectivity index (χ3v) is 8.44. The SMILES string of the molecule is CC[Si](CC)(CCCc1ccc(F)cc1)OC. The van der Waals surface area contributed by atoms with E-state index in [2.05, 4.69) is 13.8 Å². The van der Waals surface area contributed by atoms with Gasteiger partial charge in [-0.2, -0.15) is 0 Å². The second-order valence-electron chi connectivity index (χ2n) is 4.57. The fourth-order valence-corrected chi connectivity index (χ4v) is 5.07. The predicted molar refractivity (Wildman–Crippen MR) is 73.3 cm³/mol. The summed E-state index contributed by atoms with van der Waals surface area (Å²) in [6.07, 6.45) is 2.17. The molecule has 1 rings (SSSR count). The minimum atomic E-state index is -1.46. The average Bonchev–Trinajstić information content (AvgIpc) is 2.38. The Kier molecular flexibility index (Phi) is 5.85. The third kappa shape index (κ3) is 4.24. The molecule has 0 fully saturated rings. The minimum absolute atomic E-state index is 0.156. The lowest BCUT2D eigenvalue weighted by Crippen LogP contribution is -2.35. The zero-order chi connectivity index (χ0) is 12.7. The lowest BCUT2D eigenvalue weighted by molar-refractivity contribution is 0.390. The van der Waals surface area contributed by atoms with Crippen molar-refractivity contribution in [1.82, 2.24) is 0 Å². The van der Waals surface area contributed by atoms with Gasteiger partial charge in [-0.25, -0.2) is 4.39 Å². The summed E-state index contributed by atoms with van der Waals surface area (Å²) in [5, 5.41) is 0. The van der Waals surface area contributed by atoms with Gasteiger partial charge in [-0.3, -0.25) is 0 Å². The average molecular weight is 254 g/mol. The molecule has 1 aromatic rings. The van der Waals surface area contributed by atoms with Crippen LogP contribution in [0.4, 0.5) is 4.39 Å². The van der Waals surface area contributed by atoms with Gasteiger partial charge in [0.15, 0.2) is 8.32 Å². The molecule has 0 spiro atoms. The van der Waals surface area contributed by atoms with Crippen molar-refractivity contribution in [1.29, 1.82) is 0 Å². The molecule has 0 saturated heterocycles.